The summed E-state index contributed by atoms with van der Waals surface area (Å²) >= 11 is 0. The number of hydrogen-bond acceptors (Lipinski definition) is 0. The first-order valence-electron chi connectivity index (χ1n) is 26.2. The average molecular weight is 904 g/mol. The van der Waals surface area contributed by atoms with Crippen LogP contribution in [0.3, 0.4) is 0 Å². The van der Waals surface area contributed by atoms with Crippen LogP contribution in [-0.4, -0.2) is 13.7 Å². The zero-order valence-corrected chi connectivity index (χ0v) is 41.4. The lowest BCUT2D eigenvalue weighted by molar-refractivity contribution is 0.600. The molecule has 348 valence electrons. The Morgan fingerprint density at radius 2 is 0.580 bits per heavy atom. The van der Waals surface area contributed by atoms with Crippen molar-refractivity contribution in [3.63, 3.8) is 0 Å². The van der Waals surface area contributed by atoms with Crippen LogP contribution in [-0.2, 0) is 19.6 Å². The zero-order chi connectivity index (χ0) is 47.4. The van der Waals surface area contributed by atoms with Gasteiger partial charge in [0.25, 0.3) is 0 Å². The molecule has 0 aliphatic rings. The van der Waals surface area contributed by atoms with Gasteiger partial charge in [-0.25, -0.2) is 0 Å². The van der Waals surface area contributed by atoms with Gasteiger partial charge in [-0.2, -0.15) is 0 Å². The highest BCUT2D eigenvalue weighted by Crippen LogP contribution is 2.50. The van der Waals surface area contributed by atoms with Gasteiger partial charge in [-0.15, -0.1) is 0 Å². The fraction of sp³-hybridized carbons (Fsp3) is 0.273. The summed E-state index contributed by atoms with van der Waals surface area (Å²) in [6.07, 6.45) is 20.3. The van der Waals surface area contributed by atoms with E-state index in [2.05, 4.69) is 182 Å². The van der Waals surface area contributed by atoms with Crippen molar-refractivity contribution in [1.29, 1.82) is 0 Å². The molecule has 0 aliphatic heterocycles. The first-order chi connectivity index (χ1) is 34.0. The number of hydrogen-bond donors (Lipinski definition) is 0. The summed E-state index contributed by atoms with van der Waals surface area (Å²) in [5, 5.41) is 8.20. The first kappa shape index (κ1) is 45.9. The maximum atomic E-state index is 4.05. The molecule has 0 unspecified atom stereocenters. The van der Waals surface area contributed by atoms with Crippen LogP contribution in [0.4, 0.5) is 0 Å². The maximum absolute atomic E-state index is 4.05. The van der Waals surface area contributed by atoms with E-state index in [9.17, 15) is 0 Å². The van der Waals surface area contributed by atoms with E-state index in [1.807, 2.05) is 18.2 Å². The fourth-order valence-corrected chi connectivity index (χ4v) is 11.3. The van der Waals surface area contributed by atoms with Crippen LogP contribution in [0.1, 0.15) is 115 Å². The third-order valence-corrected chi connectivity index (χ3v) is 15.0. The average Bonchev–Trinajstić information content (AvgIpc) is 4.02. The Balaban J connectivity index is 1.41. The summed E-state index contributed by atoms with van der Waals surface area (Å²) in [5.74, 6) is 0. The number of aryl methyl sites for hydroxylation is 3. The van der Waals surface area contributed by atoms with Crippen LogP contribution in [0, 0.1) is 0 Å². The molecule has 3 aromatic heterocycles. The Labute approximate surface area is 410 Å². The minimum Gasteiger partial charge on any atom is -0.340 e. The zero-order valence-electron chi connectivity index (χ0n) is 41.4. The van der Waals surface area contributed by atoms with Gasteiger partial charge in [0.15, 0.2) is 0 Å². The molecule has 69 heavy (non-hydrogen) atoms. The Kier molecular flexibility index (Phi) is 13.6. The van der Waals surface area contributed by atoms with E-state index < -0.39 is 0 Å². The molecule has 0 spiro atoms. The number of rotatable bonds is 21. The minimum absolute atomic E-state index is 0.974. The highest BCUT2D eigenvalue weighted by atomic mass is 15.0. The molecular formula is C66H69N3. The summed E-state index contributed by atoms with van der Waals surface area (Å²) < 4.78 is 8.26. The predicted molar refractivity (Wildman–Crippen MR) is 304 cm³/mol. The normalized spacial score (nSPS) is 11.9. The topological polar surface area (TPSA) is 14.8 Å². The lowest BCUT2D eigenvalue weighted by Crippen LogP contribution is -2.01. The fourth-order valence-electron chi connectivity index (χ4n) is 11.3. The van der Waals surface area contributed by atoms with Crippen molar-refractivity contribution < 1.29 is 0 Å². The van der Waals surface area contributed by atoms with Gasteiger partial charge >= 0.3 is 0 Å². The van der Waals surface area contributed by atoms with Crippen LogP contribution in [0.15, 0.2) is 147 Å². The highest BCUT2D eigenvalue weighted by Gasteiger charge is 2.28. The molecule has 0 radical (unpaired) electrons. The summed E-state index contributed by atoms with van der Waals surface area (Å²) in [4.78, 5) is 0. The van der Waals surface area contributed by atoms with E-state index in [4.69, 9.17) is 0 Å². The van der Waals surface area contributed by atoms with Gasteiger partial charge in [0.1, 0.15) is 0 Å². The number of unbranched alkanes of at least 4 members (excludes halogenated alkanes) is 9. The standard InChI is InChI=1S/C66H69N3/c1-7-13-16-19-40-67-58-37-34-52(49-28-22-46(10-4)23-29-49)43-55(58)61-64(67)62-56-44-53(50-30-24-47(11-5)25-31-50)35-38-59(56)68(41-20-17-14-8-2)66(62)63-57-45-54(51-32-26-48(12-6)27-33-51)36-39-60(57)69(65(61)63)42-21-18-15-9-3/h10-12,22-39,43-45H,4-9,13-21,40-42H2,1-3H3. The molecule has 10 aromatic rings. The molecule has 0 amide bonds. The van der Waals surface area contributed by atoms with E-state index in [-0.39, 0.29) is 0 Å². The number of benzene rings is 7. The van der Waals surface area contributed by atoms with Gasteiger partial charge in [0, 0.05) is 68.5 Å². The monoisotopic (exact) mass is 904 g/mol. The van der Waals surface area contributed by atoms with Gasteiger partial charge in [-0.05, 0) is 106 Å². The van der Waals surface area contributed by atoms with Gasteiger partial charge in [-0.3, -0.25) is 0 Å². The Bertz CT molecular complexity index is 3070. The van der Waals surface area contributed by atoms with E-state index in [0.717, 1.165) is 55.6 Å². The van der Waals surface area contributed by atoms with Gasteiger partial charge in [-0.1, -0.05) is 208 Å². The maximum Gasteiger partial charge on any atom is 0.0614 e. The van der Waals surface area contributed by atoms with Crippen molar-refractivity contribution in [1.82, 2.24) is 13.7 Å². The van der Waals surface area contributed by atoms with E-state index in [1.165, 1.54) is 157 Å². The summed E-state index contributed by atoms with van der Waals surface area (Å²) in [7, 11) is 0. The molecule has 0 N–H and O–H groups in total. The molecule has 0 saturated carbocycles. The van der Waals surface area contributed by atoms with Gasteiger partial charge < -0.3 is 13.7 Å². The molecule has 3 heterocycles. The van der Waals surface area contributed by atoms with Crippen LogP contribution in [0.25, 0.3) is 117 Å². The second-order valence-electron chi connectivity index (χ2n) is 19.5. The van der Waals surface area contributed by atoms with E-state index >= 15 is 0 Å². The smallest absolute Gasteiger partial charge is 0.0614 e. The van der Waals surface area contributed by atoms with Crippen LogP contribution < -0.4 is 0 Å². The molecule has 7 aromatic carbocycles. The van der Waals surface area contributed by atoms with Crippen LogP contribution >= 0.6 is 0 Å². The Morgan fingerprint density at radius 1 is 0.319 bits per heavy atom. The Morgan fingerprint density at radius 3 is 0.826 bits per heavy atom. The van der Waals surface area contributed by atoms with Gasteiger partial charge in [0.2, 0.25) is 0 Å². The van der Waals surface area contributed by atoms with Crippen LogP contribution in [0.5, 0.6) is 0 Å². The van der Waals surface area contributed by atoms with Gasteiger partial charge in [0.05, 0.1) is 16.6 Å². The molecule has 0 aliphatic carbocycles. The summed E-state index contributed by atoms with van der Waals surface area (Å²) in [5.41, 5.74) is 19.0. The van der Waals surface area contributed by atoms with Crippen molar-refractivity contribution in [3.05, 3.63) is 164 Å². The van der Waals surface area contributed by atoms with Crippen LogP contribution in [0.2, 0.25) is 0 Å². The molecule has 3 heteroatoms. The SMILES string of the molecule is C=Cc1ccc(-c2ccc3c(c2)c2c(c4c5cc(-c6ccc(C=C)cc6)ccc5n(CCCCCC)c4c4c5cc(-c6ccc(C=C)cc6)ccc5n(CCCCCC)c24)n3CCCCCC)cc1. The van der Waals surface area contributed by atoms with Crippen molar-refractivity contribution in [2.24, 2.45) is 0 Å². The number of nitrogens with zero attached hydrogens (tertiary/aromatic N) is 3. The predicted octanol–water partition coefficient (Wildman–Crippen LogP) is 19.7. The molecule has 0 atom stereocenters. The summed E-state index contributed by atoms with van der Waals surface area (Å²) in [6.45, 7) is 22.0. The lowest BCUT2D eigenvalue weighted by atomic mass is 9.97. The second kappa shape index (κ2) is 20.4. The minimum atomic E-state index is 0.974. The van der Waals surface area contributed by atoms with Crippen molar-refractivity contribution in [2.75, 3.05) is 0 Å². The second-order valence-corrected chi connectivity index (χ2v) is 19.5. The van der Waals surface area contributed by atoms with Crippen molar-refractivity contribution >= 4 is 83.6 Å². The molecule has 0 bridgehead atoms. The highest BCUT2D eigenvalue weighted by molar-refractivity contribution is 6.40. The Hall–Kier alpha value is -6.84. The lowest BCUT2D eigenvalue weighted by Gasteiger charge is -2.13. The number of aromatic nitrogens is 3. The van der Waals surface area contributed by atoms with Crippen molar-refractivity contribution in [2.45, 2.75) is 117 Å². The molecule has 3 nitrogen and oxygen atoms in total. The summed E-state index contributed by atoms with van der Waals surface area (Å²) in [6, 6.07) is 48.8. The van der Waals surface area contributed by atoms with E-state index in [1.54, 1.807) is 0 Å². The number of fused-ring (bicyclic) bond motifs is 12. The molecule has 0 fully saturated rings. The molecule has 0 saturated heterocycles. The largest absolute Gasteiger partial charge is 0.340 e. The molecule has 10 rings (SSSR count). The third kappa shape index (κ3) is 8.56. The first-order valence-corrected chi connectivity index (χ1v) is 26.2. The van der Waals surface area contributed by atoms with E-state index in [0.29, 0.717) is 0 Å². The van der Waals surface area contributed by atoms with Crippen molar-refractivity contribution in [3.8, 4) is 33.4 Å². The quantitative estimate of drug-likeness (QED) is 0.0638. The molecular weight excluding hydrogens is 835 g/mol. The third-order valence-electron chi connectivity index (χ3n) is 15.0.